The number of hydrogen-bond acceptors (Lipinski definition) is 4. The lowest BCUT2D eigenvalue weighted by atomic mass is 10.1. The van der Waals surface area contributed by atoms with E-state index in [1.54, 1.807) is 26.8 Å². The van der Waals surface area contributed by atoms with Crippen LogP contribution in [-0.4, -0.2) is 17.3 Å². The molecule has 0 radical (unpaired) electrons. The maximum atomic E-state index is 11.4. The molecule has 0 atom stereocenters. The van der Waals surface area contributed by atoms with E-state index >= 15 is 0 Å². The third-order valence-electron chi connectivity index (χ3n) is 2.33. The molecule has 0 saturated heterocycles. The summed E-state index contributed by atoms with van der Waals surface area (Å²) in [4.78, 5) is 21.7. The Morgan fingerprint density at radius 1 is 1.47 bits per heavy atom. The van der Waals surface area contributed by atoms with Gasteiger partial charge in [-0.15, -0.1) is 0 Å². The Kier molecular flexibility index (Phi) is 4.20. The van der Waals surface area contributed by atoms with Crippen molar-refractivity contribution in [3.05, 3.63) is 33.9 Å². The molecule has 92 valence electrons. The van der Waals surface area contributed by atoms with Crippen molar-refractivity contribution in [2.75, 3.05) is 6.61 Å². The van der Waals surface area contributed by atoms with E-state index in [0.717, 1.165) is 5.56 Å². The Labute approximate surface area is 99.5 Å². The summed E-state index contributed by atoms with van der Waals surface area (Å²) in [6.45, 7) is 5.14. The zero-order valence-corrected chi connectivity index (χ0v) is 10.1. The minimum atomic E-state index is -0.512. The summed E-state index contributed by atoms with van der Waals surface area (Å²) in [5, 5.41) is 10.8. The van der Waals surface area contributed by atoms with Crippen LogP contribution in [0.3, 0.4) is 0 Å². The predicted octanol–water partition coefficient (Wildman–Crippen LogP) is 2.51. The van der Waals surface area contributed by atoms with Gasteiger partial charge in [0, 0.05) is 12.0 Å². The lowest BCUT2D eigenvalue weighted by Gasteiger charge is -2.08. The topological polar surface area (TPSA) is 69.4 Å². The normalized spacial score (nSPS) is 10.4. The molecular formula is C12H15NO4. The molecule has 1 rings (SSSR count). The first-order valence-electron chi connectivity index (χ1n) is 5.32. The summed E-state index contributed by atoms with van der Waals surface area (Å²) in [6.07, 6.45) is 0. The van der Waals surface area contributed by atoms with Crippen molar-refractivity contribution in [1.82, 2.24) is 0 Å². The quantitative estimate of drug-likeness (QED) is 0.582. The highest BCUT2D eigenvalue weighted by Crippen LogP contribution is 2.27. The van der Waals surface area contributed by atoms with E-state index in [1.807, 2.05) is 0 Å². The number of rotatable bonds is 5. The standard InChI is InChI=1S/C12H15NO4/c1-8(2)11(14)7-17-12-5-4-9(3)6-10(12)13(15)16/h4-6,8H,7H2,1-3H3. The highest BCUT2D eigenvalue weighted by Gasteiger charge is 2.16. The molecule has 1 aromatic rings. The number of ketones is 1. The van der Waals surface area contributed by atoms with Gasteiger partial charge in [-0.1, -0.05) is 19.9 Å². The molecule has 0 bridgehead atoms. The maximum Gasteiger partial charge on any atom is 0.311 e. The molecule has 0 N–H and O–H groups in total. The molecule has 0 aromatic heterocycles. The van der Waals surface area contributed by atoms with Gasteiger partial charge in [-0.3, -0.25) is 14.9 Å². The average Bonchev–Trinajstić information content (AvgIpc) is 2.26. The van der Waals surface area contributed by atoms with E-state index in [1.165, 1.54) is 12.1 Å². The van der Waals surface area contributed by atoms with Gasteiger partial charge in [-0.05, 0) is 18.6 Å². The zero-order valence-electron chi connectivity index (χ0n) is 10.1. The van der Waals surface area contributed by atoms with Crippen LogP contribution in [0, 0.1) is 23.0 Å². The summed E-state index contributed by atoms with van der Waals surface area (Å²) >= 11 is 0. The molecule has 1 aromatic carbocycles. The molecule has 0 saturated carbocycles. The third kappa shape index (κ3) is 3.55. The van der Waals surface area contributed by atoms with Gasteiger partial charge in [0.1, 0.15) is 6.61 Å². The van der Waals surface area contributed by atoms with E-state index in [2.05, 4.69) is 0 Å². The van der Waals surface area contributed by atoms with Crippen molar-refractivity contribution >= 4 is 11.5 Å². The largest absolute Gasteiger partial charge is 0.479 e. The molecule has 0 unspecified atom stereocenters. The van der Waals surface area contributed by atoms with Gasteiger partial charge in [0.05, 0.1) is 4.92 Å². The van der Waals surface area contributed by atoms with Crippen molar-refractivity contribution < 1.29 is 14.5 Å². The van der Waals surface area contributed by atoms with Crippen LogP contribution in [-0.2, 0) is 4.79 Å². The van der Waals surface area contributed by atoms with Crippen LogP contribution < -0.4 is 4.74 Å². The number of nitro groups is 1. The van der Waals surface area contributed by atoms with E-state index in [0.29, 0.717) is 0 Å². The minimum Gasteiger partial charge on any atom is -0.479 e. The SMILES string of the molecule is Cc1ccc(OCC(=O)C(C)C)c([N+](=O)[O-])c1. The molecule has 0 amide bonds. The molecule has 0 aliphatic heterocycles. The van der Waals surface area contributed by atoms with Crippen molar-refractivity contribution in [1.29, 1.82) is 0 Å². The van der Waals surface area contributed by atoms with E-state index < -0.39 is 4.92 Å². The smallest absolute Gasteiger partial charge is 0.311 e. The average molecular weight is 237 g/mol. The lowest BCUT2D eigenvalue weighted by molar-refractivity contribution is -0.385. The highest BCUT2D eigenvalue weighted by atomic mass is 16.6. The summed E-state index contributed by atoms with van der Waals surface area (Å²) in [5.41, 5.74) is 0.667. The second-order valence-corrected chi connectivity index (χ2v) is 4.14. The molecule has 0 heterocycles. The number of nitro benzene ring substituents is 1. The van der Waals surface area contributed by atoms with Crippen molar-refractivity contribution in [2.24, 2.45) is 5.92 Å². The maximum absolute atomic E-state index is 11.4. The first kappa shape index (κ1) is 13.2. The third-order valence-corrected chi connectivity index (χ3v) is 2.33. The Morgan fingerprint density at radius 3 is 2.65 bits per heavy atom. The number of hydrogen-bond donors (Lipinski definition) is 0. The van der Waals surface area contributed by atoms with Crippen LogP contribution in [0.5, 0.6) is 5.75 Å². The van der Waals surface area contributed by atoms with Gasteiger partial charge in [0.15, 0.2) is 11.5 Å². The van der Waals surface area contributed by atoms with Crippen LogP contribution >= 0.6 is 0 Å². The van der Waals surface area contributed by atoms with Crippen LogP contribution in [0.4, 0.5) is 5.69 Å². The number of carbonyl (C=O) groups is 1. The van der Waals surface area contributed by atoms with E-state index in [-0.39, 0.29) is 29.7 Å². The summed E-state index contributed by atoms with van der Waals surface area (Å²) in [7, 11) is 0. The first-order chi connectivity index (χ1) is 7.91. The van der Waals surface area contributed by atoms with Crippen LogP contribution in [0.2, 0.25) is 0 Å². The number of nitrogens with zero attached hydrogens (tertiary/aromatic N) is 1. The van der Waals surface area contributed by atoms with Crippen molar-refractivity contribution in [2.45, 2.75) is 20.8 Å². The fourth-order valence-electron chi connectivity index (χ4n) is 1.21. The Hall–Kier alpha value is -1.91. The molecule has 5 nitrogen and oxygen atoms in total. The van der Waals surface area contributed by atoms with Crippen molar-refractivity contribution in [3.63, 3.8) is 0 Å². The molecule has 17 heavy (non-hydrogen) atoms. The molecule has 0 aliphatic rings. The number of Topliss-reactive ketones (excluding diaryl/α,β-unsaturated/α-hetero) is 1. The highest BCUT2D eigenvalue weighted by molar-refractivity contribution is 5.81. The van der Waals surface area contributed by atoms with Gasteiger partial charge in [0.2, 0.25) is 0 Å². The Bertz CT molecular complexity index is 440. The van der Waals surface area contributed by atoms with Gasteiger partial charge >= 0.3 is 5.69 Å². The molecular weight excluding hydrogens is 222 g/mol. The van der Waals surface area contributed by atoms with E-state index in [9.17, 15) is 14.9 Å². The lowest BCUT2D eigenvalue weighted by Crippen LogP contribution is -2.17. The second kappa shape index (κ2) is 5.43. The van der Waals surface area contributed by atoms with Crippen LogP contribution in [0.15, 0.2) is 18.2 Å². The number of benzene rings is 1. The predicted molar refractivity (Wildman–Crippen MR) is 63.2 cm³/mol. The summed E-state index contributed by atoms with van der Waals surface area (Å²) in [5.74, 6) is -0.0889. The number of aryl methyl sites for hydroxylation is 1. The molecule has 0 fully saturated rings. The van der Waals surface area contributed by atoms with Crippen LogP contribution in [0.1, 0.15) is 19.4 Å². The summed E-state index contributed by atoms with van der Waals surface area (Å²) < 4.78 is 5.19. The monoisotopic (exact) mass is 237 g/mol. The molecule has 0 spiro atoms. The van der Waals surface area contributed by atoms with Crippen LogP contribution in [0.25, 0.3) is 0 Å². The Balaban J connectivity index is 2.84. The molecule has 0 aliphatic carbocycles. The fraction of sp³-hybridized carbons (Fsp3) is 0.417. The fourth-order valence-corrected chi connectivity index (χ4v) is 1.21. The Morgan fingerprint density at radius 2 is 2.12 bits per heavy atom. The zero-order chi connectivity index (χ0) is 13.0. The van der Waals surface area contributed by atoms with E-state index in [4.69, 9.17) is 4.74 Å². The minimum absolute atomic E-state index is 0.0835. The summed E-state index contributed by atoms with van der Waals surface area (Å²) in [6, 6.07) is 4.65. The van der Waals surface area contributed by atoms with Crippen molar-refractivity contribution in [3.8, 4) is 5.75 Å². The van der Waals surface area contributed by atoms with Gasteiger partial charge in [-0.2, -0.15) is 0 Å². The molecule has 5 heteroatoms. The second-order valence-electron chi connectivity index (χ2n) is 4.14. The number of ether oxygens (including phenoxy) is 1. The first-order valence-corrected chi connectivity index (χ1v) is 5.32. The van der Waals surface area contributed by atoms with Gasteiger partial charge in [-0.25, -0.2) is 0 Å². The number of carbonyl (C=O) groups excluding carboxylic acids is 1. The van der Waals surface area contributed by atoms with Gasteiger partial charge < -0.3 is 4.74 Å². The van der Waals surface area contributed by atoms with Gasteiger partial charge in [0.25, 0.3) is 0 Å².